The molecule has 1 rings (SSSR count). The van der Waals surface area contributed by atoms with Crippen LogP contribution in [0.4, 0.5) is 0 Å². The summed E-state index contributed by atoms with van der Waals surface area (Å²) in [5.74, 6) is 0. The zero-order valence-corrected chi connectivity index (χ0v) is 8.92. The molecular formula is C9H21N3O. The highest BCUT2D eigenvalue weighted by atomic mass is 16.5. The molecule has 4 heteroatoms. The number of rotatable bonds is 4. The molecule has 78 valence electrons. The second-order valence-corrected chi connectivity index (χ2v) is 3.65. The minimum absolute atomic E-state index is 0.350. The van der Waals surface area contributed by atoms with Gasteiger partial charge in [0.05, 0.1) is 12.7 Å². The van der Waals surface area contributed by atoms with Crippen molar-refractivity contribution in [1.29, 1.82) is 0 Å². The molecule has 1 aliphatic rings. The molecule has 0 aromatic heterocycles. The summed E-state index contributed by atoms with van der Waals surface area (Å²) in [5.41, 5.74) is 3.24. The lowest BCUT2D eigenvalue weighted by molar-refractivity contribution is -0.0384. The minimum Gasteiger partial charge on any atom is -0.374 e. The van der Waals surface area contributed by atoms with Crippen molar-refractivity contribution in [3.8, 4) is 0 Å². The first-order valence-electron chi connectivity index (χ1n) is 4.97. The van der Waals surface area contributed by atoms with Gasteiger partial charge >= 0.3 is 0 Å². The largest absolute Gasteiger partial charge is 0.374 e. The maximum absolute atomic E-state index is 5.64. The molecule has 4 nitrogen and oxygen atoms in total. The van der Waals surface area contributed by atoms with E-state index in [9.17, 15) is 0 Å². The molecular weight excluding hydrogens is 166 g/mol. The average Bonchev–Trinajstić information content (AvgIpc) is 2.04. The predicted molar refractivity (Wildman–Crippen MR) is 53.5 cm³/mol. The number of nitrogens with one attached hydrogen (secondary N) is 1. The third-order valence-electron chi connectivity index (χ3n) is 2.25. The Morgan fingerprint density at radius 2 is 2.38 bits per heavy atom. The molecule has 0 bridgehead atoms. The molecule has 1 atom stereocenters. The number of morpholine rings is 1. The summed E-state index contributed by atoms with van der Waals surface area (Å²) in [5, 5.41) is 2.10. The smallest absolute Gasteiger partial charge is 0.0843 e. The Morgan fingerprint density at radius 1 is 1.62 bits per heavy atom. The first kappa shape index (κ1) is 10.9. The van der Waals surface area contributed by atoms with Gasteiger partial charge in [-0.3, -0.25) is 5.43 Å². The second kappa shape index (κ2) is 5.54. The fourth-order valence-electron chi connectivity index (χ4n) is 1.62. The quantitative estimate of drug-likeness (QED) is 0.616. The van der Waals surface area contributed by atoms with Crippen LogP contribution < -0.4 is 5.43 Å². The highest BCUT2D eigenvalue weighted by Crippen LogP contribution is 2.03. The highest BCUT2D eigenvalue weighted by Gasteiger charge is 2.18. The fourth-order valence-corrected chi connectivity index (χ4v) is 1.62. The predicted octanol–water partition coefficient (Wildman–Crippen LogP) is -0.227. The Morgan fingerprint density at radius 3 is 3.00 bits per heavy atom. The van der Waals surface area contributed by atoms with Crippen LogP contribution in [-0.4, -0.2) is 62.9 Å². The normalized spacial score (nSPS) is 25.4. The van der Waals surface area contributed by atoms with E-state index in [0.29, 0.717) is 6.10 Å². The van der Waals surface area contributed by atoms with E-state index in [0.717, 1.165) is 32.8 Å². The highest BCUT2D eigenvalue weighted by molar-refractivity contribution is 4.70. The van der Waals surface area contributed by atoms with Crippen LogP contribution >= 0.6 is 0 Å². The molecule has 0 aliphatic carbocycles. The molecule has 1 saturated heterocycles. The minimum atomic E-state index is 0.350. The monoisotopic (exact) mass is 187 g/mol. The zero-order valence-electron chi connectivity index (χ0n) is 8.92. The van der Waals surface area contributed by atoms with Gasteiger partial charge in [0.25, 0.3) is 0 Å². The van der Waals surface area contributed by atoms with Crippen molar-refractivity contribution < 1.29 is 4.74 Å². The number of nitrogens with zero attached hydrogens (tertiary/aromatic N) is 2. The number of hydrazine groups is 1. The molecule has 0 unspecified atom stereocenters. The molecule has 0 amide bonds. The van der Waals surface area contributed by atoms with E-state index in [4.69, 9.17) is 4.74 Å². The van der Waals surface area contributed by atoms with Crippen LogP contribution in [0.25, 0.3) is 0 Å². The number of likely N-dealkylation sites (N-methyl/N-ethyl adjacent to an activating group) is 2. The lowest BCUT2D eigenvalue weighted by Gasteiger charge is -2.32. The first-order chi connectivity index (χ1) is 6.22. The first-order valence-corrected chi connectivity index (χ1v) is 4.97. The third kappa shape index (κ3) is 4.04. The van der Waals surface area contributed by atoms with E-state index in [-0.39, 0.29) is 0 Å². The number of hydrogen-bond donors (Lipinski definition) is 1. The van der Waals surface area contributed by atoms with Crippen LogP contribution in [0, 0.1) is 0 Å². The van der Waals surface area contributed by atoms with Crippen molar-refractivity contribution in [1.82, 2.24) is 15.3 Å². The van der Waals surface area contributed by atoms with Crippen LogP contribution in [0.1, 0.15) is 6.92 Å². The Kier molecular flexibility index (Phi) is 4.66. The molecule has 0 radical (unpaired) electrons. The van der Waals surface area contributed by atoms with Gasteiger partial charge in [-0.2, -0.15) is 0 Å². The Bertz CT molecular complexity index is 143. The Hall–Kier alpha value is -0.160. The fraction of sp³-hybridized carbons (Fsp3) is 1.00. The van der Waals surface area contributed by atoms with Crippen molar-refractivity contribution >= 4 is 0 Å². The van der Waals surface area contributed by atoms with E-state index in [1.807, 2.05) is 0 Å². The van der Waals surface area contributed by atoms with Gasteiger partial charge in [0, 0.05) is 33.2 Å². The third-order valence-corrected chi connectivity index (χ3v) is 2.25. The van der Waals surface area contributed by atoms with Gasteiger partial charge < -0.3 is 9.64 Å². The van der Waals surface area contributed by atoms with Crippen LogP contribution in [0.2, 0.25) is 0 Å². The van der Waals surface area contributed by atoms with Gasteiger partial charge in [-0.25, -0.2) is 5.01 Å². The molecule has 13 heavy (non-hydrogen) atoms. The van der Waals surface area contributed by atoms with Gasteiger partial charge in [-0.1, -0.05) is 6.92 Å². The van der Waals surface area contributed by atoms with Crippen molar-refractivity contribution in [2.24, 2.45) is 0 Å². The van der Waals surface area contributed by atoms with Gasteiger partial charge in [0.15, 0.2) is 0 Å². The van der Waals surface area contributed by atoms with Crippen LogP contribution in [0.15, 0.2) is 0 Å². The average molecular weight is 187 g/mol. The van der Waals surface area contributed by atoms with Crippen LogP contribution in [0.5, 0.6) is 0 Å². The molecule has 1 fully saturated rings. The lowest BCUT2D eigenvalue weighted by atomic mass is 10.3. The molecule has 0 aromatic carbocycles. The number of ether oxygens (including phenoxy) is 1. The molecule has 0 aromatic rings. The maximum Gasteiger partial charge on any atom is 0.0843 e. The summed E-state index contributed by atoms with van der Waals surface area (Å²) in [6, 6.07) is 0. The van der Waals surface area contributed by atoms with E-state index in [1.54, 1.807) is 0 Å². The SMILES string of the molecule is CCNN(C)C[C@H]1CN(C)CCO1. The van der Waals surface area contributed by atoms with Gasteiger partial charge in [0.1, 0.15) is 0 Å². The molecule has 0 spiro atoms. The second-order valence-electron chi connectivity index (χ2n) is 3.65. The summed E-state index contributed by atoms with van der Waals surface area (Å²) >= 11 is 0. The Balaban J connectivity index is 2.19. The topological polar surface area (TPSA) is 27.7 Å². The van der Waals surface area contributed by atoms with Gasteiger partial charge in [-0.15, -0.1) is 0 Å². The molecule has 1 N–H and O–H groups in total. The van der Waals surface area contributed by atoms with Gasteiger partial charge in [0.2, 0.25) is 0 Å². The summed E-state index contributed by atoms with van der Waals surface area (Å²) in [6.07, 6.45) is 0.350. The maximum atomic E-state index is 5.64. The van der Waals surface area contributed by atoms with Crippen molar-refractivity contribution in [3.05, 3.63) is 0 Å². The number of hydrogen-bond acceptors (Lipinski definition) is 4. The molecule has 1 aliphatic heterocycles. The van der Waals surface area contributed by atoms with E-state index in [2.05, 4.69) is 36.4 Å². The summed E-state index contributed by atoms with van der Waals surface area (Å²) in [7, 11) is 4.20. The molecule has 1 heterocycles. The van der Waals surface area contributed by atoms with E-state index < -0.39 is 0 Å². The Labute approximate surface area is 80.8 Å². The summed E-state index contributed by atoms with van der Waals surface area (Å²) in [6.45, 7) is 6.99. The van der Waals surface area contributed by atoms with E-state index in [1.165, 1.54) is 0 Å². The van der Waals surface area contributed by atoms with Crippen molar-refractivity contribution in [2.45, 2.75) is 13.0 Å². The van der Waals surface area contributed by atoms with Crippen molar-refractivity contribution in [3.63, 3.8) is 0 Å². The van der Waals surface area contributed by atoms with E-state index >= 15 is 0 Å². The van der Waals surface area contributed by atoms with Crippen LogP contribution in [0.3, 0.4) is 0 Å². The lowest BCUT2D eigenvalue weighted by Crippen LogP contribution is -2.48. The molecule has 0 saturated carbocycles. The summed E-state index contributed by atoms with van der Waals surface area (Å²) < 4.78 is 5.64. The van der Waals surface area contributed by atoms with Gasteiger partial charge in [-0.05, 0) is 7.05 Å². The summed E-state index contributed by atoms with van der Waals surface area (Å²) in [4.78, 5) is 2.31. The van der Waals surface area contributed by atoms with Crippen molar-refractivity contribution in [2.75, 3.05) is 46.9 Å². The van der Waals surface area contributed by atoms with Crippen LogP contribution in [-0.2, 0) is 4.74 Å². The zero-order chi connectivity index (χ0) is 9.68. The standard InChI is InChI=1S/C9H21N3O/c1-4-10-12(3)8-9-7-11(2)5-6-13-9/h9-10H,4-8H2,1-3H3/t9-/m1/s1.